The van der Waals surface area contributed by atoms with Gasteiger partial charge in [-0.3, -0.25) is 4.79 Å². The van der Waals surface area contributed by atoms with Gasteiger partial charge >= 0.3 is 0 Å². The Morgan fingerprint density at radius 2 is 1.86 bits per heavy atom. The first-order valence-corrected chi connectivity index (χ1v) is 8.51. The standard InChI is InChI=1S/C18H24N2O2/c21-18(16-9-13-3-1-2-4-17(13)22-12-16)20-7-5-14-10-19-11-15(14)6-8-20/h1-4,14-16,19H,5-12H2/t14-,15+,16?. The van der Waals surface area contributed by atoms with Gasteiger partial charge in [-0.25, -0.2) is 0 Å². The summed E-state index contributed by atoms with van der Waals surface area (Å²) in [6, 6.07) is 8.08. The van der Waals surface area contributed by atoms with E-state index in [1.165, 1.54) is 5.56 Å². The van der Waals surface area contributed by atoms with Crippen molar-refractivity contribution >= 4 is 5.91 Å². The monoisotopic (exact) mass is 300 g/mol. The first-order chi connectivity index (χ1) is 10.8. The van der Waals surface area contributed by atoms with E-state index >= 15 is 0 Å². The Kier molecular flexibility index (Phi) is 3.78. The van der Waals surface area contributed by atoms with Crippen molar-refractivity contribution in [3.63, 3.8) is 0 Å². The van der Waals surface area contributed by atoms with E-state index in [-0.39, 0.29) is 5.92 Å². The molecule has 22 heavy (non-hydrogen) atoms. The zero-order chi connectivity index (χ0) is 14.9. The van der Waals surface area contributed by atoms with Crippen molar-refractivity contribution in [3.05, 3.63) is 29.8 Å². The molecule has 3 aliphatic rings. The van der Waals surface area contributed by atoms with Crippen molar-refractivity contribution in [2.75, 3.05) is 32.8 Å². The Morgan fingerprint density at radius 3 is 2.64 bits per heavy atom. The van der Waals surface area contributed by atoms with E-state index in [1.807, 2.05) is 18.2 Å². The molecule has 4 heteroatoms. The number of carbonyl (C=O) groups is 1. The van der Waals surface area contributed by atoms with Crippen LogP contribution in [0.3, 0.4) is 0 Å². The zero-order valence-electron chi connectivity index (χ0n) is 13.0. The van der Waals surface area contributed by atoms with E-state index in [0.717, 1.165) is 63.0 Å². The SMILES string of the molecule is O=C(C1COc2ccccc2C1)N1CC[C@@H]2CNC[C@@H]2CC1. The average Bonchev–Trinajstić information content (AvgIpc) is 2.92. The number of amides is 1. The molecule has 0 radical (unpaired) electrons. The Hall–Kier alpha value is -1.55. The molecule has 2 fully saturated rings. The molecule has 0 spiro atoms. The molecular weight excluding hydrogens is 276 g/mol. The van der Waals surface area contributed by atoms with Crippen LogP contribution in [0.4, 0.5) is 0 Å². The lowest BCUT2D eigenvalue weighted by atomic mass is 9.92. The Bertz CT molecular complexity index is 546. The van der Waals surface area contributed by atoms with E-state index < -0.39 is 0 Å². The number of ether oxygens (including phenoxy) is 1. The Labute approximate surface area is 131 Å². The smallest absolute Gasteiger partial charge is 0.229 e. The summed E-state index contributed by atoms with van der Waals surface area (Å²) < 4.78 is 5.80. The van der Waals surface area contributed by atoms with Crippen molar-refractivity contribution in [2.45, 2.75) is 19.3 Å². The van der Waals surface area contributed by atoms with Crippen molar-refractivity contribution in [1.82, 2.24) is 10.2 Å². The van der Waals surface area contributed by atoms with Crippen molar-refractivity contribution in [2.24, 2.45) is 17.8 Å². The number of nitrogens with one attached hydrogen (secondary N) is 1. The summed E-state index contributed by atoms with van der Waals surface area (Å²) in [6.45, 7) is 4.62. The number of fused-ring (bicyclic) bond motifs is 2. The summed E-state index contributed by atoms with van der Waals surface area (Å²) in [5.74, 6) is 2.76. The van der Waals surface area contributed by atoms with Gasteiger partial charge in [-0.05, 0) is 55.8 Å². The third kappa shape index (κ3) is 2.60. The van der Waals surface area contributed by atoms with E-state index in [0.29, 0.717) is 12.5 Å². The Morgan fingerprint density at radius 1 is 1.14 bits per heavy atom. The van der Waals surface area contributed by atoms with Gasteiger partial charge in [0.25, 0.3) is 0 Å². The van der Waals surface area contributed by atoms with Gasteiger partial charge in [-0.2, -0.15) is 0 Å². The number of hydrogen-bond donors (Lipinski definition) is 1. The molecule has 0 aromatic heterocycles. The number of para-hydroxylation sites is 1. The van der Waals surface area contributed by atoms with Gasteiger partial charge in [0.05, 0.1) is 5.92 Å². The summed E-state index contributed by atoms with van der Waals surface area (Å²) in [5, 5.41) is 3.49. The third-order valence-electron chi connectivity index (χ3n) is 5.56. The summed E-state index contributed by atoms with van der Waals surface area (Å²) in [6.07, 6.45) is 3.11. The average molecular weight is 300 g/mol. The number of nitrogens with zero attached hydrogens (tertiary/aromatic N) is 1. The van der Waals surface area contributed by atoms with Crippen LogP contribution in [0.25, 0.3) is 0 Å². The first kappa shape index (κ1) is 14.1. The molecule has 1 N–H and O–H groups in total. The number of likely N-dealkylation sites (tertiary alicyclic amines) is 1. The molecular formula is C18H24N2O2. The minimum absolute atomic E-state index is 0.00837. The normalized spacial score (nSPS) is 30.9. The van der Waals surface area contributed by atoms with Crippen molar-refractivity contribution in [3.8, 4) is 5.75 Å². The molecule has 3 aliphatic heterocycles. The lowest BCUT2D eigenvalue weighted by Gasteiger charge is -2.30. The highest BCUT2D eigenvalue weighted by Gasteiger charge is 2.34. The number of hydrogen-bond acceptors (Lipinski definition) is 3. The predicted molar refractivity (Wildman–Crippen MR) is 84.8 cm³/mol. The van der Waals surface area contributed by atoms with Crippen LogP contribution < -0.4 is 10.1 Å². The molecule has 2 saturated heterocycles. The topological polar surface area (TPSA) is 41.6 Å². The van der Waals surface area contributed by atoms with E-state index in [1.54, 1.807) is 0 Å². The van der Waals surface area contributed by atoms with E-state index in [9.17, 15) is 4.79 Å². The minimum atomic E-state index is -0.00837. The molecule has 3 heterocycles. The van der Waals surface area contributed by atoms with E-state index in [2.05, 4.69) is 16.3 Å². The van der Waals surface area contributed by atoms with Crippen LogP contribution in [0.2, 0.25) is 0 Å². The molecule has 4 rings (SSSR count). The second-order valence-corrected chi connectivity index (χ2v) is 6.90. The van der Waals surface area contributed by atoms with Gasteiger partial charge < -0.3 is 15.0 Å². The van der Waals surface area contributed by atoms with Crippen molar-refractivity contribution in [1.29, 1.82) is 0 Å². The maximum atomic E-state index is 12.9. The molecule has 0 aliphatic carbocycles. The zero-order valence-corrected chi connectivity index (χ0v) is 13.0. The highest BCUT2D eigenvalue weighted by atomic mass is 16.5. The summed E-state index contributed by atoms with van der Waals surface area (Å²) in [4.78, 5) is 15.0. The molecule has 118 valence electrons. The second-order valence-electron chi connectivity index (χ2n) is 6.90. The van der Waals surface area contributed by atoms with Gasteiger partial charge in [0.1, 0.15) is 12.4 Å². The molecule has 0 bridgehead atoms. The molecule has 1 amide bonds. The van der Waals surface area contributed by atoms with Gasteiger partial charge in [-0.1, -0.05) is 18.2 Å². The highest BCUT2D eigenvalue weighted by molar-refractivity contribution is 5.79. The Balaban J connectivity index is 1.42. The number of benzene rings is 1. The van der Waals surface area contributed by atoms with Gasteiger partial charge in [0.15, 0.2) is 0 Å². The lowest BCUT2D eigenvalue weighted by molar-refractivity contribution is -0.136. The van der Waals surface area contributed by atoms with Crippen LogP contribution in [-0.4, -0.2) is 43.6 Å². The fraction of sp³-hybridized carbons (Fsp3) is 0.611. The minimum Gasteiger partial charge on any atom is -0.492 e. The van der Waals surface area contributed by atoms with Crippen LogP contribution in [0.1, 0.15) is 18.4 Å². The largest absolute Gasteiger partial charge is 0.492 e. The van der Waals surface area contributed by atoms with Gasteiger partial charge in [0, 0.05) is 13.1 Å². The second kappa shape index (κ2) is 5.92. The number of rotatable bonds is 1. The summed E-state index contributed by atoms with van der Waals surface area (Å²) in [7, 11) is 0. The maximum absolute atomic E-state index is 12.9. The number of carbonyl (C=O) groups excluding carboxylic acids is 1. The molecule has 1 aromatic rings. The summed E-state index contributed by atoms with van der Waals surface area (Å²) >= 11 is 0. The van der Waals surface area contributed by atoms with Crippen LogP contribution in [-0.2, 0) is 11.2 Å². The lowest BCUT2D eigenvalue weighted by Crippen LogP contribution is -2.41. The highest BCUT2D eigenvalue weighted by Crippen LogP contribution is 2.30. The predicted octanol–water partition coefficient (Wildman–Crippen LogP) is 1.70. The first-order valence-electron chi connectivity index (χ1n) is 8.51. The van der Waals surface area contributed by atoms with Crippen LogP contribution in [0, 0.1) is 17.8 Å². The molecule has 0 saturated carbocycles. The van der Waals surface area contributed by atoms with Gasteiger partial charge in [0.2, 0.25) is 5.91 Å². The molecule has 1 aromatic carbocycles. The maximum Gasteiger partial charge on any atom is 0.229 e. The van der Waals surface area contributed by atoms with Crippen LogP contribution in [0.15, 0.2) is 24.3 Å². The quantitative estimate of drug-likeness (QED) is 0.858. The fourth-order valence-electron chi connectivity index (χ4n) is 4.18. The third-order valence-corrected chi connectivity index (χ3v) is 5.56. The van der Waals surface area contributed by atoms with Crippen molar-refractivity contribution < 1.29 is 9.53 Å². The van der Waals surface area contributed by atoms with E-state index in [4.69, 9.17) is 4.74 Å². The molecule has 1 unspecified atom stereocenters. The molecule has 3 atom stereocenters. The summed E-state index contributed by atoms with van der Waals surface area (Å²) in [5.41, 5.74) is 1.17. The fourth-order valence-corrected chi connectivity index (χ4v) is 4.18. The molecule has 4 nitrogen and oxygen atoms in total. The van der Waals surface area contributed by atoms with Crippen LogP contribution >= 0.6 is 0 Å². The van der Waals surface area contributed by atoms with Crippen LogP contribution in [0.5, 0.6) is 5.75 Å². The van der Waals surface area contributed by atoms with Gasteiger partial charge in [-0.15, -0.1) is 0 Å².